The van der Waals surface area contributed by atoms with E-state index in [1.54, 1.807) is 0 Å². The monoisotopic (exact) mass is 821 g/mol. The molecular weight excluding hydrogens is 823 g/mol. The lowest BCUT2D eigenvalue weighted by molar-refractivity contribution is 0.468. The van der Waals surface area contributed by atoms with Crippen LogP contribution in [0.1, 0.15) is 11.1 Å². The highest BCUT2D eigenvalue weighted by atomic mass is 79.9. The van der Waals surface area contributed by atoms with Gasteiger partial charge in [-0.3, -0.25) is 0 Å². The topological polar surface area (TPSA) is 9.23 Å². The third kappa shape index (κ3) is 4.01. The van der Waals surface area contributed by atoms with Gasteiger partial charge in [-0.25, -0.2) is 0 Å². The summed E-state index contributed by atoms with van der Waals surface area (Å²) in [7, 11) is 0. The average Bonchev–Trinajstić information content (AvgIpc) is 2.54. The van der Waals surface area contributed by atoms with Crippen LogP contribution in [0.15, 0.2) is 35.8 Å². The molecule has 0 N–H and O–H groups in total. The van der Waals surface area contributed by atoms with Crippen LogP contribution in [0.5, 0.6) is 11.5 Å². The van der Waals surface area contributed by atoms with Crippen molar-refractivity contribution in [1.82, 2.24) is 0 Å². The zero-order valence-corrected chi connectivity index (χ0v) is 24.1. The van der Waals surface area contributed by atoms with Crippen LogP contribution in [-0.2, 0) is 0 Å². The lowest BCUT2D eigenvalue weighted by Gasteiger charge is -2.19. The molecule has 0 saturated heterocycles. The molecule has 0 aliphatic heterocycles. The molecule has 124 valence electrons. The Morgan fingerprint density at radius 3 is 0.870 bits per heavy atom. The van der Waals surface area contributed by atoms with Crippen LogP contribution in [0.25, 0.3) is 0 Å². The predicted octanol–water partition coefficient (Wildman–Crippen LogP) is 10.2. The Hall–Kier alpha value is 2.08. The van der Waals surface area contributed by atoms with Gasteiger partial charge >= 0.3 is 0 Å². The maximum atomic E-state index is 6.23. The summed E-state index contributed by atoms with van der Waals surface area (Å²) in [6.45, 7) is 4.02. The first-order valence-corrected chi connectivity index (χ1v) is 12.3. The standard InChI is InChI=1S/C14H6Br8O/c1-3-5(15)9(19)13(10(20)6(3)16)23-14-11(21)7(17)4(2)8(18)12(14)22/h1-2H3. The third-order valence-corrected chi connectivity index (χ3v) is 12.2. The van der Waals surface area contributed by atoms with Crippen LogP contribution in [0.3, 0.4) is 0 Å². The Bertz CT molecular complexity index is 690. The van der Waals surface area contributed by atoms with Crippen molar-refractivity contribution in [1.29, 1.82) is 0 Å². The summed E-state index contributed by atoms with van der Waals surface area (Å²) < 4.78 is 13.3. The minimum absolute atomic E-state index is 0.665. The van der Waals surface area contributed by atoms with E-state index in [0.717, 1.165) is 46.9 Å². The van der Waals surface area contributed by atoms with Gasteiger partial charge in [0.05, 0.1) is 17.9 Å². The zero-order valence-electron chi connectivity index (χ0n) is 11.4. The van der Waals surface area contributed by atoms with Crippen molar-refractivity contribution in [2.24, 2.45) is 0 Å². The van der Waals surface area contributed by atoms with Crippen LogP contribution >= 0.6 is 127 Å². The summed E-state index contributed by atoms with van der Waals surface area (Å²) in [5.74, 6) is 1.33. The van der Waals surface area contributed by atoms with Gasteiger partial charge in [0.15, 0.2) is 11.5 Å². The Kier molecular flexibility index (Phi) is 7.81. The van der Waals surface area contributed by atoms with Gasteiger partial charge in [0.1, 0.15) is 0 Å². The second-order valence-corrected chi connectivity index (χ2v) is 10.9. The summed E-state index contributed by atoms with van der Waals surface area (Å²) >= 11 is 28.7. The Morgan fingerprint density at radius 1 is 0.435 bits per heavy atom. The van der Waals surface area contributed by atoms with E-state index in [2.05, 4.69) is 127 Å². The molecule has 0 unspecified atom stereocenters. The van der Waals surface area contributed by atoms with Gasteiger partial charge in [-0.15, -0.1) is 0 Å². The van der Waals surface area contributed by atoms with E-state index < -0.39 is 0 Å². The van der Waals surface area contributed by atoms with Crippen molar-refractivity contribution >= 4 is 127 Å². The number of ether oxygens (including phenoxy) is 1. The largest absolute Gasteiger partial charge is 0.452 e. The molecule has 2 aromatic carbocycles. The second kappa shape index (κ2) is 8.40. The lowest BCUT2D eigenvalue weighted by Crippen LogP contribution is -1.96. The number of hydrogen-bond donors (Lipinski definition) is 0. The Labute approximate surface area is 201 Å². The van der Waals surface area contributed by atoms with Crippen molar-refractivity contribution < 1.29 is 4.74 Å². The van der Waals surface area contributed by atoms with Gasteiger partial charge < -0.3 is 4.74 Å². The third-order valence-electron chi connectivity index (χ3n) is 3.09. The van der Waals surface area contributed by atoms with Crippen LogP contribution in [0.4, 0.5) is 0 Å². The van der Waals surface area contributed by atoms with E-state index >= 15 is 0 Å². The highest BCUT2D eigenvalue weighted by Gasteiger charge is 2.23. The maximum Gasteiger partial charge on any atom is 0.158 e. The first-order chi connectivity index (χ1) is 10.6. The first-order valence-electron chi connectivity index (χ1n) is 5.92. The zero-order chi connectivity index (χ0) is 17.6. The van der Waals surface area contributed by atoms with Crippen molar-refractivity contribution in [3.63, 3.8) is 0 Å². The van der Waals surface area contributed by atoms with Crippen molar-refractivity contribution in [2.45, 2.75) is 13.8 Å². The number of hydrogen-bond acceptors (Lipinski definition) is 1. The van der Waals surface area contributed by atoms with Gasteiger partial charge in [0, 0.05) is 17.9 Å². The van der Waals surface area contributed by atoms with Crippen LogP contribution in [-0.4, -0.2) is 0 Å². The molecule has 1 nitrogen and oxygen atoms in total. The predicted molar refractivity (Wildman–Crippen MR) is 124 cm³/mol. The number of halogens is 8. The molecular formula is C14H6Br8O. The minimum Gasteiger partial charge on any atom is -0.452 e. The van der Waals surface area contributed by atoms with Crippen molar-refractivity contribution in [2.75, 3.05) is 0 Å². The second-order valence-electron chi connectivity index (χ2n) is 4.52. The molecule has 0 radical (unpaired) electrons. The van der Waals surface area contributed by atoms with E-state index in [1.165, 1.54) is 0 Å². The fraction of sp³-hybridized carbons (Fsp3) is 0.143. The summed E-state index contributed by atoms with van der Waals surface area (Å²) in [6, 6.07) is 0. The fourth-order valence-electron chi connectivity index (χ4n) is 1.72. The summed E-state index contributed by atoms with van der Waals surface area (Å²) in [6.07, 6.45) is 0. The molecule has 2 aromatic rings. The molecule has 0 spiro atoms. The van der Waals surface area contributed by atoms with Crippen LogP contribution in [0.2, 0.25) is 0 Å². The summed E-state index contributed by atoms with van der Waals surface area (Å²) in [5, 5.41) is 0. The minimum atomic E-state index is 0.665. The van der Waals surface area contributed by atoms with Crippen LogP contribution in [0, 0.1) is 13.8 Å². The van der Waals surface area contributed by atoms with E-state index in [0.29, 0.717) is 11.5 Å². The van der Waals surface area contributed by atoms with Crippen LogP contribution < -0.4 is 4.74 Å². The average molecular weight is 829 g/mol. The summed E-state index contributed by atoms with van der Waals surface area (Å²) in [5.41, 5.74) is 2.14. The molecule has 23 heavy (non-hydrogen) atoms. The van der Waals surface area contributed by atoms with Gasteiger partial charge in [0.2, 0.25) is 0 Å². The lowest BCUT2D eigenvalue weighted by atomic mass is 10.2. The molecule has 0 heterocycles. The van der Waals surface area contributed by atoms with Crippen molar-refractivity contribution in [3.8, 4) is 11.5 Å². The molecule has 0 amide bonds. The van der Waals surface area contributed by atoms with E-state index in [-0.39, 0.29) is 0 Å². The molecule has 0 fully saturated rings. The molecule has 2 rings (SSSR count). The van der Waals surface area contributed by atoms with Crippen molar-refractivity contribution in [3.05, 3.63) is 46.9 Å². The Balaban J connectivity index is 2.71. The van der Waals surface area contributed by atoms with Gasteiger partial charge in [-0.05, 0) is 152 Å². The summed E-state index contributed by atoms with van der Waals surface area (Å²) in [4.78, 5) is 0. The quantitative estimate of drug-likeness (QED) is 0.274. The molecule has 9 heteroatoms. The highest BCUT2D eigenvalue weighted by molar-refractivity contribution is 9.14. The highest BCUT2D eigenvalue weighted by Crippen LogP contribution is 2.52. The number of rotatable bonds is 2. The Morgan fingerprint density at radius 2 is 0.652 bits per heavy atom. The molecule has 0 bridgehead atoms. The fourth-order valence-corrected chi connectivity index (χ4v) is 6.61. The van der Waals surface area contributed by atoms with E-state index in [4.69, 9.17) is 4.74 Å². The first kappa shape index (κ1) is 21.4. The molecule has 0 atom stereocenters. The smallest absolute Gasteiger partial charge is 0.158 e. The maximum absolute atomic E-state index is 6.23. The molecule has 0 aromatic heterocycles. The molecule has 0 aliphatic rings. The molecule has 0 aliphatic carbocycles. The van der Waals surface area contributed by atoms with E-state index in [1.807, 2.05) is 13.8 Å². The van der Waals surface area contributed by atoms with Gasteiger partial charge in [-0.2, -0.15) is 0 Å². The molecule has 0 saturated carbocycles. The normalized spacial score (nSPS) is 11.0. The van der Waals surface area contributed by atoms with Gasteiger partial charge in [0.25, 0.3) is 0 Å². The van der Waals surface area contributed by atoms with Gasteiger partial charge in [-0.1, -0.05) is 0 Å². The number of benzene rings is 2. The van der Waals surface area contributed by atoms with E-state index in [9.17, 15) is 0 Å². The SMILES string of the molecule is Cc1c(Br)c(Br)c(Oc2c(Br)c(Br)c(C)c(Br)c2Br)c(Br)c1Br.